The number of benzene rings is 2. The zero-order chi connectivity index (χ0) is 26.6. The maximum Gasteiger partial charge on any atom is 0.416 e. The van der Waals surface area contributed by atoms with Crippen LogP contribution in [0.3, 0.4) is 0 Å². The summed E-state index contributed by atoms with van der Waals surface area (Å²) in [4.78, 5) is 37.9. The third kappa shape index (κ3) is 6.52. The smallest absolute Gasteiger partial charge is 0.339 e. The topological polar surface area (TPSA) is 95.2 Å². The minimum Gasteiger partial charge on any atom is -0.339 e. The van der Waals surface area contributed by atoms with Gasteiger partial charge in [-0.25, -0.2) is 0 Å². The van der Waals surface area contributed by atoms with Crippen molar-refractivity contribution in [2.24, 2.45) is 0 Å². The predicted octanol–water partition coefficient (Wildman–Crippen LogP) is 5.30. The number of piperidine rings is 1. The SMILES string of the molecule is CC(=O)c1cc(C(=O)Nc2ccc(C3CCN(C(=O)/C=C/c4cccc(C(F)(F)F)c4)CC3)cc2)[nH]n1. The predicted molar refractivity (Wildman–Crippen MR) is 132 cm³/mol. The zero-order valence-corrected chi connectivity index (χ0v) is 20.0. The number of likely N-dealkylation sites (tertiary alicyclic amines) is 1. The highest BCUT2D eigenvalue weighted by atomic mass is 19.4. The fraction of sp³-hybridized carbons (Fsp3) is 0.259. The normalized spacial score (nSPS) is 14.6. The average molecular weight is 511 g/mol. The van der Waals surface area contributed by atoms with Crippen molar-refractivity contribution in [1.29, 1.82) is 0 Å². The largest absolute Gasteiger partial charge is 0.416 e. The Balaban J connectivity index is 1.29. The van der Waals surface area contributed by atoms with Crippen LogP contribution < -0.4 is 5.32 Å². The van der Waals surface area contributed by atoms with Crippen molar-refractivity contribution in [3.63, 3.8) is 0 Å². The van der Waals surface area contributed by atoms with E-state index in [0.29, 0.717) is 24.3 Å². The molecule has 4 rings (SSSR count). The summed E-state index contributed by atoms with van der Waals surface area (Å²) < 4.78 is 38.6. The molecule has 1 saturated heterocycles. The molecular formula is C27H25F3N4O3. The molecule has 0 saturated carbocycles. The number of carbonyl (C=O) groups is 3. The first kappa shape index (κ1) is 25.9. The fourth-order valence-electron chi connectivity index (χ4n) is 4.18. The molecule has 2 aromatic carbocycles. The van der Waals surface area contributed by atoms with Crippen molar-refractivity contribution in [3.05, 3.63) is 88.8 Å². The van der Waals surface area contributed by atoms with Crippen molar-refractivity contribution in [2.75, 3.05) is 18.4 Å². The monoisotopic (exact) mass is 510 g/mol. The van der Waals surface area contributed by atoms with Crippen molar-refractivity contribution < 1.29 is 27.6 Å². The molecule has 1 aromatic heterocycles. The second kappa shape index (κ2) is 10.8. The summed E-state index contributed by atoms with van der Waals surface area (Å²) in [5, 5.41) is 9.11. The van der Waals surface area contributed by atoms with Gasteiger partial charge in [-0.3, -0.25) is 19.5 Å². The average Bonchev–Trinajstić information content (AvgIpc) is 3.39. The van der Waals surface area contributed by atoms with Crippen LogP contribution in [-0.4, -0.2) is 45.8 Å². The van der Waals surface area contributed by atoms with Crippen LogP contribution in [0.5, 0.6) is 0 Å². The summed E-state index contributed by atoms with van der Waals surface area (Å²) in [6.07, 6.45) is -0.222. The van der Waals surface area contributed by atoms with Gasteiger partial charge >= 0.3 is 6.18 Å². The number of H-pyrrole nitrogens is 1. The lowest BCUT2D eigenvalue weighted by molar-refractivity contribution is -0.137. The van der Waals surface area contributed by atoms with Gasteiger partial charge in [-0.05, 0) is 66.3 Å². The van der Waals surface area contributed by atoms with E-state index in [1.165, 1.54) is 37.3 Å². The maximum atomic E-state index is 12.9. The molecule has 1 fully saturated rings. The second-order valence-electron chi connectivity index (χ2n) is 8.86. The highest BCUT2D eigenvalue weighted by molar-refractivity contribution is 6.04. The number of anilines is 1. The Morgan fingerprint density at radius 3 is 2.38 bits per heavy atom. The molecule has 1 aliphatic heterocycles. The molecule has 0 radical (unpaired) electrons. The van der Waals surface area contributed by atoms with E-state index < -0.39 is 17.6 Å². The molecule has 0 bridgehead atoms. The van der Waals surface area contributed by atoms with Gasteiger partial charge in [-0.2, -0.15) is 18.3 Å². The van der Waals surface area contributed by atoms with Gasteiger partial charge in [0.1, 0.15) is 11.4 Å². The first-order valence-corrected chi connectivity index (χ1v) is 11.7. The number of hydrogen-bond acceptors (Lipinski definition) is 4. The molecule has 2 heterocycles. The van der Waals surface area contributed by atoms with Crippen LogP contribution in [0.2, 0.25) is 0 Å². The Hall–Kier alpha value is -4.21. The number of halogens is 3. The highest BCUT2D eigenvalue weighted by Gasteiger charge is 2.30. The molecule has 2 amide bonds. The number of aromatic amines is 1. The van der Waals surface area contributed by atoms with Gasteiger partial charge in [0.05, 0.1) is 5.56 Å². The lowest BCUT2D eigenvalue weighted by Crippen LogP contribution is -2.36. The Morgan fingerprint density at radius 1 is 1.05 bits per heavy atom. The van der Waals surface area contributed by atoms with Gasteiger partial charge in [0.25, 0.3) is 5.91 Å². The first-order valence-electron chi connectivity index (χ1n) is 11.7. The van der Waals surface area contributed by atoms with Crippen LogP contribution in [0.25, 0.3) is 6.08 Å². The molecular weight excluding hydrogens is 485 g/mol. The lowest BCUT2D eigenvalue weighted by atomic mass is 9.89. The van der Waals surface area contributed by atoms with E-state index in [1.54, 1.807) is 17.0 Å². The molecule has 10 heteroatoms. The summed E-state index contributed by atoms with van der Waals surface area (Å²) in [5.74, 6) is -0.635. The quantitative estimate of drug-likeness (QED) is 0.347. The van der Waals surface area contributed by atoms with Gasteiger partial charge in [0.15, 0.2) is 5.78 Å². The molecule has 37 heavy (non-hydrogen) atoms. The summed E-state index contributed by atoms with van der Waals surface area (Å²) in [6.45, 7) is 2.44. The number of alkyl halides is 3. The molecule has 192 valence electrons. The number of nitrogens with zero attached hydrogens (tertiary/aromatic N) is 2. The standard InChI is InChI=1S/C27H25F3N4O3/c1-17(35)23-16-24(33-32-23)26(37)31-22-8-6-19(7-9-22)20-11-13-34(14-12-20)25(36)10-5-18-3-2-4-21(15-18)27(28,29)30/h2-10,15-16,20H,11-14H2,1H3,(H,31,37)(H,32,33)/b10-5+. The van der Waals surface area contributed by atoms with E-state index in [1.807, 2.05) is 12.1 Å². The number of rotatable bonds is 6. The number of Topliss-reactive ketones (excluding diaryl/α,β-unsaturated/α-hetero) is 1. The van der Waals surface area contributed by atoms with Crippen LogP contribution in [0.1, 0.15) is 63.4 Å². The lowest BCUT2D eigenvalue weighted by Gasteiger charge is -2.31. The van der Waals surface area contributed by atoms with E-state index in [-0.39, 0.29) is 29.0 Å². The van der Waals surface area contributed by atoms with Crippen LogP contribution in [0.15, 0.2) is 60.7 Å². The third-order valence-electron chi connectivity index (χ3n) is 6.26. The number of carbonyl (C=O) groups excluding carboxylic acids is 3. The summed E-state index contributed by atoms with van der Waals surface area (Å²) >= 11 is 0. The van der Waals surface area contributed by atoms with Crippen LogP contribution >= 0.6 is 0 Å². The first-order chi connectivity index (χ1) is 17.6. The number of nitrogens with one attached hydrogen (secondary N) is 2. The number of aromatic nitrogens is 2. The summed E-state index contributed by atoms with van der Waals surface area (Å²) in [5.41, 5.74) is 1.63. The van der Waals surface area contributed by atoms with Crippen LogP contribution in [-0.2, 0) is 11.0 Å². The Morgan fingerprint density at radius 2 is 1.76 bits per heavy atom. The molecule has 3 aromatic rings. The minimum absolute atomic E-state index is 0.188. The van der Waals surface area contributed by atoms with E-state index in [0.717, 1.165) is 30.5 Å². The number of hydrogen-bond donors (Lipinski definition) is 2. The second-order valence-corrected chi connectivity index (χ2v) is 8.86. The Bertz CT molecular complexity index is 1320. The van der Waals surface area contributed by atoms with Crippen molar-refractivity contribution in [2.45, 2.75) is 31.9 Å². The molecule has 0 spiro atoms. The highest BCUT2D eigenvalue weighted by Crippen LogP contribution is 2.31. The maximum absolute atomic E-state index is 12.9. The van der Waals surface area contributed by atoms with Gasteiger partial charge in [0.2, 0.25) is 5.91 Å². The van der Waals surface area contributed by atoms with E-state index in [2.05, 4.69) is 15.5 Å². The summed E-state index contributed by atoms with van der Waals surface area (Å²) in [7, 11) is 0. The Kier molecular flexibility index (Phi) is 7.56. The van der Waals surface area contributed by atoms with Crippen LogP contribution in [0.4, 0.5) is 18.9 Å². The molecule has 0 atom stereocenters. The fourth-order valence-corrected chi connectivity index (χ4v) is 4.18. The van der Waals surface area contributed by atoms with Crippen molar-refractivity contribution in [1.82, 2.24) is 15.1 Å². The van der Waals surface area contributed by atoms with Crippen LogP contribution in [0, 0.1) is 0 Å². The number of amides is 2. The van der Waals surface area contributed by atoms with Crippen molar-refractivity contribution in [3.8, 4) is 0 Å². The van der Waals surface area contributed by atoms with Gasteiger partial charge in [0, 0.05) is 31.8 Å². The Labute approximate surface area is 211 Å². The molecule has 7 nitrogen and oxygen atoms in total. The van der Waals surface area contributed by atoms with E-state index in [9.17, 15) is 27.6 Å². The van der Waals surface area contributed by atoms with Gasteiger partial charge in [-0.1, -0.05) is 24.3 Å². The van der Waals surface area contributed by atoms with Crippen molar-refractivity contribution >= 4 is 29.4 Å². The zero-order valence-electron chi connectivity index (χ0n) is 20.0. The molecule has 0 aliphatic carbocycles. The molecule has 1 aliphatic rings. The molecule has 0 unspecified atom stereocenters. The van der Waals surface area contributed by atoms with Gasteiger partial charge < -0.3 is 10.2 Å². The van der Waals surface area contributed by atoms with Gasteiger partial charge in [-0.15, -0.1) is 0 Å². The minimum atomic E-state index is -4.43. The van der Waals surface area contributed by atoms with E-state index in [4.69, 9.17) is 0 Å². The number of ketones is 1. The summed E-state index contributed by atoms with van der Waals surface area (Å²) in [6, 6.07) is 13.7. The van der Waals surface area contributed by atoms with E-state index >= 15 is 0 Å². The third-order valence-corrected chi connectivity index (χ3v) is 6.26. The molecule has 2 N–H and O–H groups in total.